The molecule has 0 saturated heterocycles. The first-order valence-electron chi connectivity index (χ1n) is 5.90. The van der Waals surface area contributed by atoms with E-state index in [-0.39, 0.29) is 12.4 Å². The molecule has 7 heteroatoms. The third kappa shape index (κ3) is 4.29. The molecule has 0 saturated carbocycles. The minimum absolute atomic E-state index is 0.200. The number of carbonyl (C=O) groups is 1. The van der Waals surface area contributed by atoms with Gasteiger partial charge in [0, 0.05) is 14.3 Å². The van der Waals surface area contributed by atoms with E-state index in [9.17, 15) is 4.79 Å². The maximum atomic E-state index is 11.4. The molecule has 0 radical (unpaired) electrons. The lowest BCUT2D eigenvalue weighted by Crippen LogP contribution is -2.07. The van der Waals surface area contributed by atoms with Crippen LogP contribution in [0.3, 0.4) is 0 Å². The Hall–Kier alpha value is -0.920. The number of nitrogens with one attached hydrogen (secondary N) is 1. The van der Waals surface area contributed by atoms with Gasteiger partial charge in [0.15, 0.2) is 5.13 Å². The summed E-state index contributed by atoms with van der Waals surface area (Å²) in [6.45, 7) is 2.18. The minimum atomic E-state index is -0.256. The van der Waals surface area contributed by atoms with Gasteiger partial charge in [0.25, 0.3) is 0 Å². The van der Waals surface area contributed by atoms with E-state index in [1.165, 1.54) is 11.3 Å². The van der Waals surface area contributed by atoms with Crippen LogP contribution < -0.4 is 5.32 Å². The Morgan fingerprint density at radius 3 is 3.00 bits per heavy atom. The van der Waals surface area contributed by atoms with Gasteiger partial charge < -0.3 is 10.1 Å². The number of thiazole rings is 1. The molecule has 4 nitrogen and oxygen atoms in total. The van der Waals surface area contributed by atoms with Crippen molar-refractivity contribution in [1.29, 1.82) is 0 Å². The number of halogens is 2. The van der Waals surface area contributed by atoms with Crippen LogP contribution in [0.4, 0.5) is 10.8 Å². The summed E-state index contributed by atoms with van der Waals surface area (Å²) in [7, 11) is 0. The van der Waals surface area contributed by atoms with Crippen molar-refractivity contribution in [3.63, 3.8) is 0 Å². The molecule has 0 aliphatic rings. The lowest BCUT2D eigenvalue weighted by atomic mass is 10.3. The summed E-state index contributed by atoms with van der Waals surface area (Å²) in [5.74, 6) is -0.256. The first-order chi connectivity index (χ1) is 9.58. The van der Waals surface area contributed by atoms with Gasteiger partial charge in [-0.15, -0.1) is 11.3 Å². The highest BCUT2D eigenvalue weighted by Gasteiger charge is 2.09. The van der Waals surface area contributed by atoms with Crippen molar-refractivity contribution < 1.29 is 9.53 Å². The summed E-state index contributed by atoms with van der Waals surface area (Å²) in [5, 5.41) is 5.81. The normalized spacial score (nSPS) is 10.3. The van der Waals surface area contributed by atoms with E-state index >= 15 is 0 Å². The minimum Gasteiger partial charge on any atom is -0.466 e. The molecule has 1 heterocycles. The number of carbonyl (C=O) groups excluding carboxylic acids is 1. The van der Waals surface area contributed by atoms with Gasteiger partial charge in [-0.05, 0) is 41.1 Å². The smallest absolute Gasteiger partial charge is 0.311 e. The standard InChI is InChI=1S/C13H12Br2N2O2S/c1-2-19-12(18)6-9-7-20-13(16-9)17-11-5-8(14)3-4-10(11)15/h3-5,7H,2,6H2,1H3,(H,16,17). The molecule has 1 N–H and O–H groups in total. The first-order valence-corrected chi connectivity index (χ1v) is 8.37. The van der Waals surface area contributed by atoms with Gasteiger partial charge in [-0.25, -0.2) is 4.98 Å². The van der Waals surface area contributed by atoms with Crippen LogP contribution in [0.2, 0.25) is 0 Å². The Labute approximate surface area is 137 Å². The van der Waals surface area contributed by atoms with Crippen LogP contribution in [-0.4, -0.2) is 17.6 Å². The third-order valence-electron chi connectivity index (χ3n) is 2.35. The number of ether oxygens (including phenoxy) is 1. The van der Waals surface area contributed by atoms with Crippen LogP contribution in [0.5, 0.6) is 0 Å². The van der Waals surface area contributed by atoms with Crippen LogP contribution in [-0.2, 0) is 16.0 Å². The molecule has 1 aromatic heterocycles. The Morgan fingerprint density at radius 1 is 1.45 bits per heavy atom. The number of benzene rings is 1. The number of aromatic nitrogens is 1. The van der Waals surface area contributed by atoms with Crippen molar-refractivity contribution in [2.75, 3.05) is 11.9 Å². The first kappa shape index (κ1) is 15.5. The molecule has 0 atom stereocenters. The Kier molecular flexibility index (Phi) is 5.56. The zero-order valence-corrected chi connectivity index (χ0v) is 14.6. The quantitative estimate of drug-likeness (QED) is 0.724. The number of hydrogen-bond acceptors (Lipinski definition) is 5. The second kappa shape index (κ2) is 7.19. The molecule has 2 rings (SSSR count). The number of esters is 1. The number of hydrogen-bond donors (Lipinski definition) is 1. The molecule has 0 bridgehead atoms. The summed E-state index contributed by atoms with van der Waals surface area (Å²) >= 11 is 8.35. The fourth-order valence-electron chi connectivity index (χ4n) is 1.51. The van der Waals surface area contributed by atoms with E-state index < -0.39 is 0 Å². The molecule has 0 aliphatic carbocycles. The summed E-state index contributed by atoms with van der Waals surface area (Å²) in [6, 6.07) is 5.85. The monoisotopic (exact) mass is 418 g/mol. The molecule has 0 amide bonds. The van der Waals surface area contributed by atoms with E-state index in [0.29, 0.717) is 12.3 Å². The van der Waals surface area contributed by atoms with Crippen molar-refractivity contribution >= 4 is 60.0 Å². The van der Waals surface area contributed by atoms with Crippen molar-refractivity contribution in [1.82, 2.24) is 4.98 Å². The zero-order chi connectivity index (χ0) is 14.5. The molecular weight excluding hydrogens is 408 g/mol. The average molecular weight is 420 g/mol. The van der Waals surface area contributed by atoms with E-state index in [2.05, 4.69) is 42.2 Å². The molecule has 106 valence electrons. The van der Waals surface area contributed by atoms with Gasteiger partial charge in [0.05, 0.1) is 24.4 Å². The van der Waals surface area contributed by atoms with Crippen LogP contribution in [0.1, 0.15) is 12.6 Å². The van der Waals surface area contributed by atoms with Crippen LogP contribution in [0.25, 0.3) is 0 Å². The topological polar surface area (TPSA) is 51.2 Å². The highest BCUT2D eigenvalue weighted by molar-refractivity contribution is 9.11. The third-order valence-corrected chi connectivity index (χ3v) is 4.34. The Morgan fingerprint density at radius 2 is 2.25 bits per heavy atom. The van der Waals surface area contributed by atoms with Crippen LogP contribution >= 0.6 is 43.2 Å². The summed E-state index contributed by atoms with van der Waals surface area (Å²) in [6.07, 6.45) is 0.200. The van der Waals surface area contributed by atoms with Gasteiger partial charge in [0.1, 0.15) is 0 Å². The Bertz CT molecular complexity index is 616. The molecule has 0 fully saturated rings. The number of rotatable bonds is 5. The van der Waals surface area contributed by atoms with Gasteiger partial charge >= 0.3 is 5.97 Å². The number of nitrogens with zero attached hydrogens (tertiary/aromatic N) is 1. The maximum Gasteiger partial charge on any atom is 0.311 e. The lowest BCUT2D eigenvalue weighted by molar-refractivity contribution is -0.142. The van der Waals surface area contributed by atoms with Crippen molar-refractivity contribution in [3.05, 3.63) is 38.2 Å². The molecule has 1 aromatic carbocycles. The van der Waals surface area contributed by atoms with Gasteiger partial charge in [-0.2, -0.15) is 0 Å². The lowest BCUT2D eigenvalue weighted by Gasteiger charge is -2.05. The molecule has 2 aromatic rings. The molecule has 0 aliphatic heterocycles. The molecule has 0 spiro atoms. The predicted molar refractivity (Wildman–Crippen MR) is 87.6 cm³/mol. The van der Waals surface area contributed by atoms with Gasteiger partial charge in [-0.3, -0.25) is 4.79 Å². The van der Waals surface area contributed by atoms with Gasteiger partial charge in [-0.1, -0.05) is 15.9 Å². The van der Waals surface area contributed by atoms with Crippen molar-refractivity contribution in [2.24, 2.45) is 0 Å². The highest BCUT2D eigenvalue weighted by atomic mass is 79.9. The molecular formula is C13H12Br2N2O2S. The molecule has 0 unspecified atom stereocenters. The largest absolute Gasteiger partial charge is 0.466 e. The second-order valence-electron chi connectivity index (χ2n) is 3.87. The van der Waals surface area contributed by atoms with Crippen LogP contribution in [0.15, 0.2) is 32.5 Å². The summed E-state index contributed by atoms with van der Waals surface area (Å²) in [4.78, 5) is 15.8. The molecule has 20 heavy (non-hydrogen) atoms. The van der Waals surface area contributed by atoms with E-state index in [0.717, 1.165) is 19.8 Å². The fraction of sp³-hybridized carbons (Fsp3) is 0.231. The summed E-state index contributed by atoms with van der Waals surface area (Å²) in [5.41, 5.74) is 1.62. The van der Waals surface area contributed by atoms with E-state index in [4.69, 9.17) is 4.74 Å². The van der Waals surface area contributed by atoms with Crippen LogP contribution in [0, 0.1) is 0 Å². The average Bonchev–Trinajstić information content (AvgIpc) is 2.81. The van der Waals surface area contributed by atoms with Crippen molar-refractivity contribution in [3.8, 4) is 0 Å². The fourth-order valence-corrected chi connectivity index (χ4v) is 2.94. The highest BCUT2D eigenvalue weighted by Crippen LogP contribution is 2.30. The van der Waals surface area contributed by atoms with E-state index in [1.54, 1.807) is 6.92 Å². The van der Waals surface area contributed by atoms with Crippen molar-refractivity contribution in [2.45, 2.75) is 13.3 Å². The second-order valence-corrected chi connectivity index (χ2v) is 6.50. The maximum absolute atomic E-state index is 11.4. The Balaban J connectivity index is 2.06. The summed E-state index contributed by atoms with van der Waals surface area (Å²) < 4.78 is 6.83. The SMILES string of the molecule is CCOC(=O)Cc1csc(Nc2cc(Br)ccc2Br)n1. The predicted octanol–water partition coefficient (Wildman–Crippen LogP) is 4.52. The van der Waals surface area contributed by atoms with Gasteiger partial charge in [0.2, 0.25) is 0 Å². The van der Waals surface area contributed by atoms with E-state index in [1.807, 2.05) is 23.6 Å². The number of anilines is 2. The zero-order valence-electron chi connectivity index (χ0n) is 10.7.